The van der Waals surface area contributed by atoms with Gasteiger partial charge in [0.2, 0.25) is 10.0 Å². The third-order valence-electron chi connectivity index (χ3n) is 2.76. The summed E-state index contributed by atoms with van der Waals surface area (Å²) in [6.45, 7) is 7.27. The fraction of sp³-hybridized carbons (Fsp3) is 1.00. The van der Waals surface area contributed by atoms with Crippen LogP contribution in [0.5, 0.6) is 0 Å². The molecule has 0 heterocycles. The van der Waals surface area contributed by atoms with Crippen LogP contribution in [0, 0.1) is 5.41 Å². The minimum atomic E-state index is -3.23. The number of nitrogens with one attached hydrogen (secondary N) is 2. The van der Waals surface area contributed by atoms with Crippen molar-refractivity contribution in [3.05, 3.63) is 0 Å². The van der Waals surface area contributed by atoms with Crippen LogP contribution in [-0.4, -0.2) is 47.5 Å². The molecule has 0 aromatic rings. The first-order valence-corrected chi connectivity index (χ1v) is 7.42. The van der Waals surface area contributed by atoms with Gasteiger partial charge in [-0.15, -0.1) is 0 Å². The van der Waals surface area contributed by atoms with E-state index >= 15 is 0 Å². The Morgan fingerprint density at radius 3 is 2.41 bits per heavy atom. The Morgan fingerprint density at radius 1 is 1.35 bits per heavy atom. The van der Waals surface area contributed by atoms with Crippen molar-refractivity contribution < 1.29 is 13.2 Å². The molecule has 5 nitrogen and oxygen atoms in total. The Labute approximate surface area is 105 Å². The minimum Gasteiger partial charge on any atom is -0.385 e. The molecule has 0 rings (SSSR count). The van der Waals surface area contributed by atoms with Gasteiger partial charge in [-0.05, 0) is 25.8 Å². The van der Waals surface area contributed by atoms with Gasteiger partial charge < -0.3 is 10.1 Å². The molecular formula is C11H26N2O3S. The van der Waals surface area contributed by atoms with Gasteiger partial charge in [0, 0.05) is 26.8 Å². The summed E-state index contributed by atoms with van der Waals surface area (Å²) in [4.78, 5) is 0. The molecule has 0 aromatic carbocycles. The van der Waals surface area contributed by atoms with Gasteiger partial charge in [-0.1, -0.05) is 13.8 Å². The Balaban J connectivity index is 4.25. The lowest BCUT2D eigenvalue weighted by Crippen LogP contribution is -2.42. The Hall–Kier alpha value is -0.170. The predicted molar refractivity (Wildman–Crippen MR) is 70.6 cm³/mol. The summed E-state index contributed by atoms with van der Waals surface area (Å²) in [5, 5.41) is 2.44. The number of ether oxygens (including phenoxy) is 1. The second kappa shape index (κ2) is 7.31. The van der Waals surface area contributed by atoms with Crippen LogP contribution >= 0.6 is 0 Å². The first kappa shape index (κ1) is 16.8. The molecule has 1 unspecified atom stereocenters. The topological polar surface area (TPSA) is 67.4 Å². The van der Waals surface area contributed by atoms with E-state index in [4.69, 9.17) is 4.74 Å². The quantitative estimate of drug-likeness (QED) is 0.640. The van der Waals surface area contributed by atoms with E-state index < -0.39 is 15.3 Å². The largest absolute Gasteiger partial charge is 0.385 e. The van der Waals surface area contributed by atoms with Crippen LogP contribution in [0.3, 0.4) is 0 Å². The van der Waals surface area contributed by atoms with E-state index in [1.54, 1.807) is 21.1 Å². The minimum absolute atomic E-state index is 0.0948. The zero-order valence-corrected chi connectivity index (χ0v) is 12.4. The molecule has 0 aliphatic heterocycles. The number of rotatable bonds is 9. The van der Waals surface area contributed by atoms with Crippen LogP contribution in [0.25, 0.3) is 0 Å². The molecule has 0 aliphatic rings. The molecule has 0 saturated carbocycles. The molecule has 0 fully saturated rings. The first-order chi connectivity index (χ1) is 7.75. The summed E-state index contributed by atoms with van der Waals surface area (Å²) in [5.74, 6) is 0. The van der Waals surface area contributed by atoms with Crippen molar-refractivity contribution in [2.24, 2.45) is 5.41 Å². The van der Waals surface area contributed by atoms with Crippen LogP contribution in [0.15, 0.2) is 0 Å². The van der Waals surface area contributed by atoms with E-state index in [0.717, 1.165) is 6.42 Å². The van der Waals surface area contributed by atoms with Gasteiger partial charge in [-0.25, -0.2) is 13.1 Å². The van der Waals surface area contributed by atoms with Gasteiger partial charge in [0.15, 0.2) is 0 Å². The van der Waals surface area contributed by atoms with E-state index in [1.807, 2.05) is 13.8 Å². The molecule has 0 saturated heterocycles. The van der Waals surface area contributed by atoms with Crippen molar-refractivity contribution in [3.63, 3.8) is 0 Å². The second-order valence-corrected chi connectivity index (χ2v) is 7.32. The maximum atomic E-state index is 11.9. The molecule has 6 heteroatoms. The third-order valence-corrected chi connectivity index (χ3v) is 4.53. The van der Waals surface area contributed by atoms with E-state index in [-0.39, 0.29) is 5.41 Å². The van der Waals surface area contributed by atoms with Crippen molar-refractivity contribution >= 4 is 10.0 Å². The highest BCUT2D eigenvalue weighted by atomic mass is 32.2. The lowest BCUT2D eigenvalue weighted by molar-refractivity contribution is 0.153. The molecule has 0 aliphatic carbocycles. The van der Waals surface area contributed by atoms with Crippen molar-refractivity contribution in [1.29, 1.82) is 0 Å². The normalized spacial score (nSPS) is 14.9. The zero-order chi connectivity index (χ0) is 13.5. The molecule has 104 valence electrons. The number of methoxy groups -OCH3 is 1. The number of hydrogen-bond acceptors (Lipinski definition) is 4. The molecule has 17 heavy (non-hydrogen) atoms. The number of hydrogen-bond donors (Lipinski definition) is 2. The Kier molecular flexibility index (Phi) is 7.23. The van der Waals surface area contributed by atoms with Crippen LogP contribution in [0.4, 0.5) is 0 Å². The summed E-state index contributed by atoms with van der Waals surface area (Å²) in [6, 6.07) is 0. The summed E-state index contributed by atoms with van der Waals surface area (Å²) < 4.78 is 31.4. The van der Waals surface area contributed by atoms with Crippen molar-refractivity contribution in [2.45, 2.75) is 32.4 Å². The van der Waals surface area contributed by atoms with E-state index in [0.29, 0.717) is 19.7 Å². The standard InChI is InChI=1S/C11H26N2O3S/c1-10(8-12-4)17(14,15)13-9-11(2,3)6-7-16-5/h10,12-13H,6-9H2,1-5H3. The maximum absolute atomic E-state index is 11.9. The average molecular weight is 266 g/mol. The lowest BCUT2D eigenvalue weighted by Gasteiger charge is -2.25. The fourth-order valence-electron chi connectivity index (χ4n) is 1.30. The summed E-state index contributed by atoms with van der Waals surface area (Å²) in [6.07, 6.45) is 0.826. The van der Waals surface area contributed by atoms with Gasteiger partial charge >= 0.3 is 0 Å². The Bertz CT molecular complexity index is 302. The molecule has 1 atom stereocenters. The van der Waals surface area contributed by atoms with Crippen LogP contribution in [0.2, 0.25) is 0 Å². The summed E-state index contributed by atoms with van der Waals surface area (Å²) >= 11 is 0. The highest BCUT2D eigenvalue weighted by Crippen LogP contribution is 2.19. The van der Waals surface area contributed by atoms with Gasteiger partial charge in [-0.2, -0.15) is 0 Å². The SMILES string of the molecule is CNCC(C)S(=O)(=O)NCC(C)(C)CCOC. The molecular weight excluding hydrogens is 240 g/mol. The molecule has 0 bridgehead atoms. The smallest absolute Gasteiger partial charge is 0.215 e. The second-order valence-electron chi connectivity index (χ2n) is 5.14. The predicted octanol–water partition coefficient (Wildman–Crippen LogP) is 0.576. The van der Waals surface area contributed by atoms with Crippen LogP contribution in [0.1, 0.15) is 27.2 Å². The van der Waals surface area contributed by atoms with Crippen molar-refractivity contribution in [2.75, 3.05) is 33.9 Å². The van der Waals surface area contributed by atoms with E-state index in [2.05, 4.69) is 10.0 Å². The number of sulfonamides is 1. The monoisotopic (exact) mass is 266 g/mol. The van der Waals surface area contributed by atoms with E-state index in [9.17, 15) is 8.42 Å². The van der Waals surface area contributed by atoms with Crippen molar-refractivity contribution in [1.82, 2.24) is 10.0 Å². The molecule has 2 N–H and O–H groups in total. The van der Waals surface area contributed by atoms with Gasteiger partial charge in [0.1, 0.15) is 0 Å². The zero-order valence-electron chi connectivity index (χ0n) is 11.5. The maximum Gasteiger partial charge on any atom is 0.215 e. The van der Waals surface area contributed by atoms with Gasteiger partial charge in [0.05, 0.1) is 5.25 Å². The molecule has 0 radical (unpaired) electrons. The van der Waals surface area contributed by atoms with Crippen LogP contribution in [-0.2, 0) is 14.8 Å². The molecule has 0 amide bonds. The summed E-state index contributed by atoms with van der Waals surface area (Å²) in [5.41, 5.74) is -0.0948. The van der Waals surface area contributed by atoms with Gasteiger partial charge in [0.25, 0.3) is 0 Å². The fourth-order valence-corrected chi connectivity index (χ4v) is 2.56. The first-order valence-electron chi connectivity index (χ1n) is 5.87. The summed E-state index contributed by atoms with van der Waals surface area (Å²) in [7, 11) is 0.159. The van der Waals surface area contributed by atoms with Crippen molar-refractivity contribution in [3.8, 4) is 0 Å². The molecule has 0 spiro atoms. The Morgan fingerprint density at radius 2 is 1.94 bits per heavy atom. The average Bonchev–Trinajstić information content (AvgIpc) is 2.24. The molecule has 0 aromatic heterocycles. The third kappa shape index (κ3) is 6.98. The highest BCUT2D eigenvalue weighted by molar-refractivity contribution is 7.90. The van der Waals surface area contributed by atoms with E-state index in [1.165, 1.54) is 0 Å². The lowest BCUT2D eigenvalue weighted by atomic mass is 9.90. The van der Waals surface area contributed by atoms with Gasteiger partial charge in [-0.3, -0.25) is 0 Å². The van der Waals surface area contributed by atoms with Crippen LogP contribution < -0.4 is 10.0 Å². The highest BCUT2D eigenvalue weighted by Gasteiger charge is 2.24.